The van der Waals surface area contributed by atoms with E-state index in [-0.39, 0.29) is 53.7 Å². The fraction of sp³-hybridized carbons (Fsp3) is 0.578. The van der Waals surface area contributed by atoms with Crippen LogP contribution in [0.5, 0.6) is 5.75 Å². The SMILES string of the molecule is CC1(C)[C@H](NC(=O)C23CCC(C(=O)N4CCC(N5Cc6cc7c(cc6C5)C(=O)N(C5CCC(=O)NC5=O)C7=O)CC4)(CC2)CC3)C(C)(C)[C@H]1Oc1ccc(C#N)c(Cl)c1. The van der Waals surface area contributed by atoms with Gasteiger partial charge in [-0.25, -0.2) is 0 Å². The van der Waals surface area contributed by atoms with E-state index in [0.29, 0.717) is 92.2 Å². The Labute approximate surface area is 349 Å². The molecule has 310 valence electrons. The molecule has 14 heteroatoms. The van der Waals surface area contributed by atoms with Gasteiger partial charge >= 0.3 is 0 Å². The van der Waals surface area contributed by atoms with Crippen molar-refractivity contribution in [2.24, 2.45) is 21.7 Å². The molecule has 2 aromatic rings. The van der Waals surface area contributed by atoms with Gasteiger partial charge in [0.05, 0.1) is 21.7 Å². The van der Waals surface area contributed by atoms with Crippen LogP contribution in [0.25, 0.3) is 0 Å². The summed E-state index contributed by atoms with van der Waals surface area (Å²) in [5.41, 5.74) is 1.39. The van der Waals surface area contributed by atoms with Crippen molar-refractivity contribution < 1.29 is 33.5 Å². The molecule has 2 N–H and O–H groups in total. The van der Waals surface area contributed by atoms with Crippen molar-refractivity contribution >= 4 is 47.0 Å². The van der Waals surface area contributed by atoms with Gasteiger partial charge in [-0.3, -0.25) is 43.9 Å². The van der Waals surface area contributed by atoms with Gasteiger partial charge in [0, 0.05) is 72.4 Å². The van der Waals surface area contributed by atoms with Gasteiger partial charge in [-0.05, 0) is 93.2 Å². The minimum atomic E-state index is -0.987. The fourth-order valence-electron chi connectivity index (χ4n) is 12.1. The van der Waals surface area contributed by atoms with E-state index in [4.69, 9.17) is 16.3 Å². The molecule has 6 fully saturated rings. The number of nitrogens with one attached hydrogen (secondary N) is 2. The molecule has 6 amide bonds. The third kappa shape index (κ3) is 6.18. The van der Waals surface area contributed by atoms with E-state index in [1.165, 1.54) is 0 Å². The molecule has 4 saturated carbocycles. The standard InChI is InChI=1S/C45H51ClN6O7/c1-42(2)38(43(3,4)39(42)59-29-6-5-25(22-47)32(46)21-29)49-40(57)44-11-14-45(15-12-44,16-13-44)41(58)50-17-9-28(10-18-50)51-23-26-19-30-31(20-27(26)24-51)37(56)52(36(30)55)33-7-8-34(53)48-35(33)54/h5-6,19-21,28,33,38-39H,7-18,23-24H2,1-4H3,(H,49,57)(H,48,53,54)/t33?,38-,39-,44?,45?. The van der Waals surface area contributed by atoms with Crippen LogP contribution in [-0.4, -0.2) is 87.5 Å². The van der Waals surface area contributed by atoms with Crippen LogP contribution in [0.1, 0.15) is 129 Å². The number of rotatable bonds is 7. The number of benzene rings is 2. The largest absolute Gasteiger partial charge is 0.489 e. The molecule has 2 aromatic carbocycles. The molecule has 2 bridgehead atoms. The predicted molar refractivity (Wildman–Crippen MR) is 215 cm³/mol. The molecule has 0 aromatic heterocycles. The number of hydrogen-bond acceptors (Lipinski definition) is 9. The number of halogens is 1. The normalized spacial score (nSPS) is 30.9. The lowest BCUT2D eigenvalue weighted by Crippen LogP contribution is -2.75. The lowest BCUT2D eigenvalue weighted by Gasteiger charge is -2.64. The quantitative estimate of drug-likeness (QED) is 0.354. The van der Waals surface area contributed by atoms with Gasteiger partial charge in [-0.2, -0.15) is 5.26 Å². The molecule has 4 aliphatic heterocycles. The van der Waals surface area contributed by atoms with Crippen molar-refractivity contribution in [3.05, 3.63) is 63.2 Å². The number of imide groups is 2. The van der Waals surface area contributed by atoms with Gasteiger partial charge in [0.15, 0.2) is 0 Å². The predicted octanol–water partition coefficient (Wildman–Crippen LogP) is 5.26. The van der Waals surface area contributed by atoms with E-state index < -0.39 is 40.5 Å². The van der Waals surface area contributed by atoms with Gasteiger partial charge in [-0.15, -0.1) is 0 Å². The fourth-order valence-corrected chi connectivity index (χ4v) is 12.4. The Hall–Kier alpha value is -4.80. The first-order valence-corrected chi connectivity index (χ1v) is 21.4. The maximum atomic E-state index is 14.3. The summed E-state index contributed by atoms with van der Waals surface area (Å²) in [6, 6.07) is 9.93. The summed E-state index contributed by atoms with van der Waals surface area (Å²) in [5.74, 6) is -1.09. The minimum absolute atomic E-state index is 0.0807. The van der Waals surface area contributed by atoms with Crippen LogP contribution in [0.2, 0.25) is 5.02 Å². The van der Waals surface area contributed by atoms with Crippen LogP contribution >= 0.6 is 11.6 Å². The van der Waals surface area contributed by atoms with E-state index in [2.05, 4.69) is 49.3 Å². The molecular weight excluding hydrogens is 772 g/mol. The molecule has 4 heterocycles. The average molecular weight is 823 g/mol. The molecule has 59 heavy (non-hydrogen) atoms. The average Bonchev–Trinajstić information content (AvgIpc) is 3.75. The summed E-state index contributed by atoms with van der Waals surface area (Å²) in [6.07, 6.45) is 5.92. The van der Waals surface area contributed by atoms with Crippen LogP contribution in [0.3, 0.4) is 0 Å². The van der Waals surface area contributed by atoms with Crippen molar-refractivity contribution in [3.8, 4) is 11.8 Å². The third-order valence-electron chi connectivity index (χ3n) is 15.4. The maximum absolute atomic E-state index is 14.3. The highest BCUT2D eigenvalue weighted by Gasteiger charge is 2.65. The van der Waals surface area contributed by atoms with E-state index >= 15 is 0 Å². The minimum Gasteiger partial charge on any atom is -0.489 e. The van der Waals surface area contributed by atoms with Gasteiger partial charge < -0.3 is 15.0 Å². The Morgan fingerprint density at radius 1 is 0.847 bits per heavy atom. The molecule has 1 atom stereocenters. The topological polar surface area (TPSA) is 169 Å². The highest BCUT2D eigenvalue weighted by molar-refractivity contribution is 6.31. The molecule has 8 aliphatic rings. The number of piperidine rings is 2. The molecule has 13 nitrogen and oxygen atoms in total. The number of nitriles is 1. The Morgan fingerprint density at radius 2 is 1.42 bits per heavy atom. The molecule has 10 rings (SSSR count). The van der Waals surface area contributed by atoms with E-state index in [0.717, 1.165) is 28.9 Å². The van der Waals surface area contributed by atoms with Crippen LogP contribution < -0.4 is 15.4 Å². The molecule has 0 radical (unpaired) electrons. The zero-order valence-electron chi connectivity index (χ0n) is 34.1. The number of likely N-dealkylation sites (tertiary alicyclic amines) is 1. The summed E-state index contributed by atoms with van der Waals surface area (Å²) in [7, 11) is 0. The summed E-state index contributed by atoms with van der Waals surface area (Å²) < 4.78 is 6.44. The molecule has 1 unspecified atom stereocenters. The highest BCUT2D eigenvalue weighted by atomic mass is 35.5. The van der Waals surface area contributed by atoms with E-state index in [1.54, 1.807) is 30.3 Å². The number of nitrogens with zero attached hydrogens (tertiary/aromatic N) is 4. The second-order valence-corrected chi connectivity index (χ2v) is 19.8. The van der Waals surface area contributed by atoms with Gasteiger partial charge in [0.1, 0.15) is 24.0 Å². The highest BCUT2D eigenvalue weighted by Crippen LogP contribution is 2.60. The first-order valence-electron chi connectivity index (χ1n) is 21.1. The number of amides is 6. The van der Waals surface area contributed by atoms with E-state index in [9.17, 15) is 34.0 Å². The summed E-state index contributed by atoms with van der Waals surface area (Å²) in [5, 5.41) is 15.3. The molecule has 4 aliphatic carbocycles. The van der Waals surface area contributed by atoms with Gasteiger partial charge in [-0.1, -0.05) is 39.3 Å². The molecule has 2 saturated heterocycles. The third-order valence-corrected chi connectivity index (χ3v) is 15.7. The second-order valence-electron chi connectivity index (χ2n) is 19.4. The lowest BCUT2D eigenvalue weighted by atomic mass is 9.48. The summed E-state index contributed by atoms with van der Waals surface area (Å²) in [6.45, 7) is 11.1. The summed E-state index contributed by atoms with van der Waals surface area (Å²) in [4.78, 5) is 84.8. The maximum Gasteiger partial charge on any atom is 0.262 e. The van der Waals surface area contributed by atoms with Gasteiger partial charge in [0.2, 0.25) is 23.6 Å². The molecule has 0 spiro atoms. The zero-order chi connectivity index (χ0) is 41.8. The van der Waals surface area contributed by atoms with Crippen molar-refractivity contribution in [2.45, 2.75) is 129 Å². The van der Waals surface area contributed by atoms with Crippen LogP contribution in [0, 0.1) is 33.0 Å². The summed E-state index contributed by atoms with van der Waals surface area (Å²) >= 11 is 6.28. The first kappa shape index (κ1) is 39.6. The number of fused-ring (bicyclic) bond motifs is 5. The number of ether oxygens (including phenoxy) is 1. The van der Waals surface area contributed by atoms with Crippen molar-refractivity contribution in [3.63, 3.8) is 0 Å². The van der Waals surface area contributed by atoms with Crippen LogP contribution in [0.4, 0.5) is 0 Å². The lowest BCUT2D eigenvalue weighted by molar-refractivity contribution is -0.181. The monoisotopic (exact) mass is 822 g/mol. The van der Waals surface area contributed by atoms with Crippen LogP contribution in [-0.2, 0) is 32.3 Å². The van der Waals surface area contributed by atoms with Crippen molar-refractivity contribution in [1.29, 1.82) is 5.26 Å². The number of hydrogen-bond donors (Lipinski definition) is 2. The molecular formula is C45H51ClN6O7. The van der Waals surface area contributed by atoms with Crippen LogP contribution in [0.15, 0.2) is 30.3 Å². The Kier molecular flexibility index (Phi) is 9.33. The number of carbonyl (C=O) groups excluding carboxylic acids is 6. The van der Waals surface area contributed by atoms with Crippen molar-refractivity contribution in [2.75, 3.05) is 13.1 Å². The Bertz CT molecular complexity index is 2170. The van der Waals surface area contributed by atoms with Gasteiger partial charge in [0.25, 0.3) is 11.8 Å². The van der Waals surface area contributed by atoms with E-state index in [1.807, 2.05) is 4.90 Å². The zero-order valence-corrected chi connectivity index (χ0v) is 34.9. The smallest absolute Gasteiger partial charge is 0.262 e. The first-order chi connectivity index (χ1) is 28.0. The van der Waals surface area contributed by atoms with Crippen molar-refractivity contribution in [1.82, 2.24) is 25.3 Å². The Balaban J connectivity index is 0.775. The Morgan fingerprint density at radius 3 is 1.97 bits per heavy atom. The number of carbonyl (C=O) groups is 6. The second kappa shape index (κ2) is 13.9.